The minimum atomic E-state index is -0.0496. The van der Waals surface area contributed by atoms with E-state index in [0.717, 1.165) is 19.4 Å². The first-order valence-corrected chi connectivity index (χ1v) is 7.31. The molecule has 1 fully saturated rings. The molecule has 1 aromatic heterocycles. The minimum absolute atomic E-state index is 0.0496. The zero-order chi connectivity index (χ0) is 14.5. The summed E-state index contributed by atoms with van der Waals surface area (Å²) >= 11 is 0. The smallest absolute Gasteiger partial charge is 0.289 e. The van der Waals surface area contributed by atoms with Gasteiger partial charge in [-0.2, -0.15) is 0 Å². The molecule has 1 aromatic carbocycles. The highest BCUT2D eigenvalue weighted by Gasteiger charge is 2.29. The standard InChI is InChI=1S/C17H19NO3/c19-17(16-7-4-11-21-16)18(15-9-12-20-13-15)10-8-14-5-2-1-3-6-14/h1-7,11,15H,8-10,12-13H2/t15-/m1/s1. The summed E-state index contributed by atoms with van der Waals surface area (Å²) < 4.78 is 10.7. The second-order valence-corrected chi connectivity index (χ2v) is 5.23. The van der Waals surface area contributed by atoms with E-state index in [2.05, 4.69) is 12.1 Å². The number of rotatable bonds is 5. The Hall–Kier alpha value is -2.07. The monoisotopic (exact) mass is 285 g/mol. The molecule has 1 atom stereocenters. The molecule has 1 saturated heterocycles. The van der Waals surface area contributed by atoms with Crippen LogP contribution < -0.4 is 0 Å². The highest BCUT2D eigenvalue weighted by atomic mass is 16.5. The number of hydrogen-bond acceptors (Lipinski definition) is 3. The van der Waals surface area contributed by atoms with E-state index in [-0.39, 0.29) is 11.9 Å². The summed E-state index contributed by atoms with van der Waals surface area (Å²) in [4.78, 5) is 14.5. The summed E-state index contributed by atoms with van der Waals surface area (Å²) in [5.74, 6) is 0.349. The lowest BCUT2D eigenvalue weighted by atomic mass is 10.1. The first-order valence-electron chi connectivity index (χ1n) is 7.31. The van der Waals surface area contributed by atoms with E-state index in [1.165, 1.54) is 11.8 Å². The van der Waals surface area contributed by atoms with Crippen molar-refractivity contribution in [3.05, 3.63) is 60.1 Å². The molecule has 0 N–H and O–H groups in total. The number of ether oxygens (including phenoxy) is 1. The van der Waals surface area contributed by atoms with Gasteiger partial charge in [0.1, 0.15) is 0 Å². The molecule has 0 saturated carbocycles. The molecule has 2 aromatic rings. The third-order valence-electron chi connectivity index (χ3n) is 3.82. The molecular formula is C17H19NO3. The van der Waals surface area contributed by atoms with Gasteiger partial charge in [0.15, 0.2) is 5.76 Å². The Labute approximate surface area is 124 Å². The molecule has 2 heterocycles. The molecular weight excluding hydrogens is 266 g/mol. The van der Waals surface area contributed by atoms with Gasteiger partial charge >= 0.3 is 0 Å². The zero-order valence-electron chi connectivity index (χ0n) is 11.9. The van der Waals surface area contributed by atoms with Crippen LogP contribution in [0.1, 0.15) is 22.5 Å². The Kier molecular flexibility index (Phi) is 4.36. The predicted molar refractivity (Wildman–Crippen MR) is 79.1 cm³/mol. The first kappa shape index (κ1) is 13.9. The molecule has 0 bridgehead atoms. The average Bonchev–Trinajstić information content (AvgIpc) is 3.22. The van der Waals surface area contributed by atoms with Gasteiger partial charge in [-0.15, -0.1) is 0 Å². The highest BCUT2D eigenvalue weighted by molar-refractivity contribution is 5.91. The Balaban J connectivity index is 1.71. The second kappa shape index (κ2) is 6.59. The van der Waals surface area contributed by atoms with E-state index < -0.39 is 0 Å². The van der Waals surface area contributed by atoms with Crippen molar-refractivity contribution in [1.82, 2.24) is 4.90 Å². The molecule has 0 radical (unpaired) electrons. The molecule has 0 unspecified atom stereocenters. The molecule has 1 aliphatic heterocycles. The lowest BCUT2D eigenvalue weighted by Gasteiger charge is -2.27. The summed E-state index contributed by atoms with van der Waals surface area (Å²) in [5.41, 5.74) is 1.23. The quantitative estimate of drug-likeness (QED) is 0.848. The van der Waals surface area contributed by atoms with Crippen molar-refractivity contribution >= 4 is 5.91 Å². The Morgan fingerprint density at radius 2 is 2.05 bits per heavy atom. The van der Waals surface area contributed by atoms with Crippen LogP contribution >= 0.6 is 0 Å². The first-order chi connectivity index (χ1) is 10.3. The fraction of sp³-hybridized carbons (Fsp3) is 0.353. The van der Waals surface area contributed by atoms with E-state index >= 15 is 0 Å². The summed E-state index contributed by atoms with van der Waals surface area (Å²) in [6, 6.07) is 13.8. The molecule has 4 nitrogen and oxygen atoms in total. The van der Waals surface area contributed by atoms with Gasteiger partial charge in [-0.3, -0.25) is 4.79 Å². The van der Waals surface area contributed by atoms with Crippen molar-refractivity contribution in [3.63, 3.8) is 0 Å². The number of carbonyl (C=O) groups is 1. The molecule has 1 aliphatic rings. The lowest BCUT2D eigenvalue weighted by molar-refractivity contribution is 0.0624. The maximum absolute atomic E-state index is 12.6. The SMILES string of the molecule is O=C(c1ccco1)N(CCc1ccccc1)[C@@H]1CCOC1. The Bertz CT molecular complexity index is 559. The molecule has 21 heavy (non-hydrogen) atoms. The van der Waals surface area contributed by atoms with Crippen LogP contribution in [0.3, 0.4) is 0 Å². The lowest BCUT2D eigenvalue weighted by Crippen LogP contribution is -2.41. The van der Waals surface area contributed by atoms with E-state index in [1.54, 1.807) is 12.1 Å². The topological polar surface area (TPSA) is 42.7 Å². The molecule has 4 heteroatoms. The van der Waals surface area contributed by atoms with Crippen molar-refractivity contribution in [2.45, 2.75) is 18.9 Å². The van der Waals surface area contributed by atoms with Gasteiger partial charge in [-0.1, -0.05) is 30.3 Å². The molecule has 0 aliphatic carbocycles. The third kappa shape index (κ3) is 3.34. The van der Waals surface area contributed by atoms with Crippen LogP contribution in [0.15, 0.2) is 53.1 Å². The van der Waals surface area contributed by atoms with Crippen molar-refractivity contribution in [2.24, 2.45) is 0 Å². The predicted octanol–water partition coefficient (Wildman–Crippen LogP) is 2.75. The maximum Gasteiger partial charge on any atom is 0.289 e. The van der Waals surface area contributed by atoms with E-state index in [4.69, 9.17) is 9.15 Å². The molecule has 1 amide bonds. The molecule has 3 rings (SSSR count). The normalized spacial score (nSPS) is 17.8. The van der Waals surface area contributed by atoms with Gasteiger partial charge in [-0.05, 0) is 30.5 Å². The fourth-order valence-electron chi connectivity index (χ4n) is 2.65. The van der Waals surface area contributed by atoms with Crippen molar-refractivity contribution < 1.29 is 13.9 Å². The number of furan rings is 1. The van der Waals surface area contributed by atoms with Gasteiger partial charge in [-0.25, -0.2) is 0 Å². The van der Waals surface area contributed by atoms with E-state index in [1.807, 2.05) is 23.1 Å². The van der Waals surface area contributed by atoms with Gasteiger partial charge in [0.05, 0.1) is 18.9 Å². The highest BCUT2D eigenvalue weighted by Crippen LogP contribution is 2.17. The number of benzene rings is 1. The summed E-state index contributed by atoms with van der Waals surface area (Å²) in [6.45, 7) is 2.01. The summed E-state index contributed by atoms with van der Waals surface area (Å²) in [7, 11) is 0. The minimum Gasteiger partial charge on any atom is -0.459 e. The van der Waals surface area contributed by atoms with Crippen LogP contribution in [0.5, 0.6) is 0 Å². The number of nitrogens with zero attached hydrogens (tertiary/aromatic N) is 1. The van der Waals surface area contributed by atoms with Crippen molar-refractivity contribution in [3.8, 4) is 0 Å². The molecule has 0 spiro atoms. The molecule has 110 valence electrons. The van der Waals surface area contributed by atoms with Crippen LogP contribution in [0.25, 0.3) is 0 Å². The van der Waals surface area contributed by atoms with E-state index in [9.17, 15) is 4.79 Å². The van der Waals surface area contributed by atoms with Crippen LogP contribution in [0.4, 0.5) is 0 Å². The van der Waals surface area contributed by atoms with Gasteiger partial charge in [0, 0.05) is 13.2 Å². The van der Waals surface area contributed by atoms with Crippen LogP contribution in [-0.2, 0) is 11.2 Å². The second-order valence-electron chi connectivity index (χ2n) is 5.23. The van der Waals surface area contributed by atoms with Crippen LogP contribution in [0.2, 0.25) is 0 Å². The summed E-state index contributed by atoms with van der Waals surface area (Å²) in [6.07, 6.45) is 3.26. The Morgan fingerprint density at radius 3 is 2.71 bits per heavy atom. The van der Waals surface area contributed by atoms with Crippen molar-refractivity contribution in [1.29, 1.82) is 0 Å². The van der Waals surface area contributed by atoms with E-state index in [0.29, 0.717) is 18.9 Å². The summed E-state index contributed by atoms with van der Waals surface area (Å²) in [5, 5.41) is 0. The Morgan fingerprint density at radius 1 is 1.19 bits per heavy atom. The maximum atomic E-state index is 12.6. The number of amides is 1. The van der Waals surface area contributed by atoms with Crippen molar-refractivity contribution in [2.75, 3.05) is 19.8 Å². The fourth-order valence-corrected chi connectivity index (χ4v) is 2.65. The zero-order valence-corrected chi connectivity index (χ0v) is 11.9. The largest absolute Gasteiger partial charge is 0.459 e. The van der Waals surface area contributed by atoms with Gasteiger partial charge < -0.3 is 14.1 Å². The average molecular weight is 285 g/mol. The number of carbonyl (C=O) groups excluding carboxylic acids is 1. The van der Waals surface area contributed by atoms with Crippen LogP contribution in [-0.4, -0.2) is 36.6 Å². The third-order valence-corrected chi connectivity index (χ3v) is 3.82. The number of hydrogen-bond donors (Lipinski definition) is 0. The van der Waals surface area contributed by atoms with Gasteiger partial charge in [0.2, 0.25) is 0 Å². The van der Waals surface area contributed by atoms with Gasteiger partial charge in [0.25, 0.3) is 5.91 Å². The van der Waals surface area contributed by atoms with Crippen LogP contribution in [0, 0.1) is 0 Å².